The van der Waals surface area contributed by atoms with Crippen molar-refractivity contribution >= 4 is 29.2 Å². The van der Waals surface area contributed by atoms with E-state index >= 15 is 0 Å². The van der Waals surface area contributed by atoms with Crippen LogP contribution in [-0.2, 0) is 20.7 Å². The summed E-state index contributed by atoms with van der Waals surface area (Å²) >= 11 is 5.98. The number of amides is 1. The molecule has 2 aromatic carbocycles. The number of carbonyl (C=O) groups excluding carboxylic acids is 2. The molecule has 26 heavy (non-hydrogen) atoms. The van der Waals surface area contributed by atoms with Crippen LogP contribution in [0.4, 0.5) is 5.69 Å². The molecule has 0 unspecified atom stereocenters. The van der Waals surface area contributed by atoms with Gasteiger partial charge in [0.2, 0.25) is 0 Å². The molecule has 3 rings (SSSR count). The predicted molar refractivity (Wildman–Crippen MR) is 99.6 cm³/mol. The van der Waals surface area contributed by atoms with Crippen molar-refractivity contribution in [1.29, 1.82) is 0 Å². The predicted octanol–water partition coefficient (Wildman–Crippen LogP) is 3.69. The normalized spacial score (nSPS) is 15.6. The Balaban J connectivity index is 1.54. The van der Waals surface area contributed by atoms with E-state index in [1.807, 2.05) is 32.0 Å². The minimum absolute atomic E-state index is 0.228. The first-order valence-corrected chi connectivity index (χ1v) is 8.75. The Bertz CT molecular complexity index is 850. The number of ether oxygens (including phenoxy) is 2. The lowest BCUT2D eigenvalue weighted by molar-refractivity contribution is -0.152. The molecule has 0 spiro atoms. The van der Waals surface area contributed by atoms with E-state index in [1.165, 1.54) is 0 Å². The maximum atomic E-state index is 12.3. The van der Waals surface area contributed by atoms with E-state index in [1.54, 1.807) is 18.2 Å². The van der Waals surface area contributed by atoms with Gasteiger partial charge in [0.05, 0.1) is 5.92 Å². The summed E-state index contributed by atoms with van der Waals surface area (Å²) in [5.74, 6) is -0.542. The lowest BCUT2D eigenvalue weighted by atomic mass is 9.97. The standard InChI is InChI=1S/C20H20ClNO4/c1-12-3-4-13(2)17(7-12)22-19(23)11-26-20(24)15-8-14-9-16(21)5-6-18(14)25-10-15/h3-7,9,15H,8,10-11H2,1-2H3,(H,22,23)/t15-/m0/s1. The molecule has 136 valence electrons. The molecule has 1 aliphatic rings. The van der Waals surface area contributed by atoms with Crippen molar-refractivity contribution in [3.63, 3.8) is 0 Å². The lowest BCUT2D eigenvalue weighted by Gasteiger charge is -2.24. The number of rotatable bonds is 4. The number of hydrogen-bond acceptors (Lipinski definition) is 4. The highest BCUT2D eigenvalue weighted by Gasteiger charge is 2.28. The van der Waals surface area contributed by atoms with Crippen LogP contribution in [0.15, 0.2) is 36.4 Å². The number of anilines is 1. The zero-order valence-electron chi connectivity index (χ0n) is 14.7. The molecule has 6 heteroatoms. The lowest BCUT2D eigenvalue weighted by Crippen LogP contribution is -2.32. The SMILES string of the molecule is Cc1ccc(C)c(NC(=O)COC(=O)[C@@H]2COc3ccc(Cl)cc3C2)c1. The van der Waals surface area contributed by atoms with Gasteiger partial charge in [-0.2, -0.15) is 0 Å². The van der Waals surface area contributed by atoms with E-state index in [0.717, 1.165) is 28.1 Å². The number of halogens is 1. The Hall–Kier alpha value is -2.53. The third-order valence-electron chi connectivity index (χ3n) is 4.27. The molecule has 0 saturated heterocycles. The van der Waals surface area contributed by atoms with Crippen LogP contribution in [0, 0.1) is 19.8 Å². The third-order valence-corrected chi connectivity index (χ3v) is 4.51. The van der Waals surface area contributed by atoms with Gasteiger partial charge < -0.3 is 14.8 Å². The molecule has 0 saturated carbocycles. The second-order valence-corrected chi connectivity index (χ2v) is 6.87. The highest BCUT2D eigenvalue weighted by atomic mass is 35.5. The van der Waals surface area contributed by atoms with E-state index in [9.17, 15) is 9.59 Å². The summed E-state index contributed by atoms with van der Waals surface area (Å²) in [5.41, 5.74) is 3.57. The molecular formula is C20H20ClNO4. The van der Waals surface area contributed by atoms with Crippen molar-refractivity contribution in [2.24, 2.45) is 5.92 Å². The molecular weight excluding hydrogens is 354 g/mol. The van der Waals surface area contributed by atoms with E-state index in [4.69, 9.17) is 21.1 Å². The highest BCUT2D eigenvalue weighted by molar-refractivity contribution is 6.30. The average molecular weight is 374 g/mol. The van der Waals surface area contributed by atoms with Gasteiger partial charge in [0.15, 0.2) is 6.61 Å². The molecule has 0 aromatic heterocycles. The summed E-state index contributed by atoms with van der Waals surface area (Å²) in [4.78, 5) is 24.3. The summed E-state index contributed by atoms with van der Waals surface area (Å²) in [6, 6.07) is 11.1. The molecule has 2 aromatic rings. The van der Waals surface area contributed by atoms with E-state index in [2.05, 4.69) is 5.32 Å². The third kappa shape index (κ3) is 4.35. The zero-order chi connectivity index (χ0) is 18.7. The molecule has 1 aliphatic heterocycles. The van der Waals surface area contributed by atoms with Crippen molar-refractivity contribution < 1.29 is 19.1 Å². The number of aryl methyl sites for hydroxylation is 2. The van der Waals surface area contributed by atoms with Gasteiger partial charge >= 0.3 is 5.97 Å². The van der Waals surface area contributed by atoms with E-state index in [0.29, 0.717) is 11.4 Å². The Kier molecular flexibility index (Phi) is 5.47. The summed E-state index contributed by atoms with van der Waals surface area (Å²) < 4.78 is 10.8. The first-order chi connectivity index (χ1) is 12.4. The number of nitrogens with one attached hydrogen (secondary N) is 1. The van der Waals surface area contributed by atoms with E-state index < -0.39 is 11.9 Å². The summed E-state index contributed by atoms with van der Waals surface area (Å²) in [6.45, 7) is 3.75. The molecule has 0 aliphatic carbocycles. The van der Waals surface area contributed by atoms with Gasteiger partial charge in [0.25, 0.3) is 5.91 Å². The smallest absolute Gasteiger partial charge is 0.313 e. The van der Waals surface area contributed by atoms with Gasteiger partial charge in [-0.15, -0.1) is 0 Å². The fourth-order valence-electron chi connectivity index (χ4n) is 2.83. The molecule has 1 atom stereocenters. The van der Waals surface area contributed by atoms with Crippen molar-refractivity contribution in [3.05, 3.63) is 58.1 Å². The molecule has 1 N–H and O–H groups in total. The Morgan fingerprint density at radius 3 is 2.85 bits per heavy atom. The summed E-state index contributed by atoms with van der Waals surface area (Å²) in [7, 11) is 0. The van der Waals surface area contributed by atoms with Gasteiger partial charge in [-0.05, 0) is 61.2 Å². The second kappa shape index (κ2) is 7.79. The number of carbonyl (C=O) groups is 2. The minimum atomic E-state index is -0.452. The van der Waals surface area contributed by atoms with Crippen LogP contribution in [0.2, 0.25) is 5.02 Å². The number of fused-ring (bicyclic) bond motifs is 1. The van der Waals surface area contributed by atoms with Gasteiger partial charge in [0.1, 0.15) is 12.4 Å². The molecule has 1 amide bonds. The molecule has 1 heterocycles. The van der Waals surface area contributed by atoms with Crippen LogP contribution < -0.4 is 10.1 Å². The van der Waals surface area contributed by atoms with Crippen LogP contribution in [0.3, 0.4) is 0 Å². The minimum Gasteiger partial charge on any atom is -0.492 e. The van der Waals surface area contributed by atoms with Gasteiger partial charge in [-0.1, -0.05) is 23.7 Å². The van der Waals surface area contributed by atoms with Crippen molar-refractivity contribution in [3.8, 4) is 5.75 Å². The van der Waals surface area contributed by atoms with Crippen molar-refractivity contribution in [2.45, 2.75) is 20.3 Å². The molecule has 0 fully saturated rings. The number of esters is 1. The maximum absolute atomic E-state index is 12.3. The quantitative estimate of drug-likeness (QED) is 0.830. The number of hydrogen-bond donors (Lipinski definition) is 1. The molecule has 5 nitrogen and oxygen atoms in total. The highest BCUT2D eigenvalue weighted by Crippen LogP contribution is 2.30. The largest absolute Gasteiger partial charge is 0.492 e. The topological polar surface area (TPSA) is 64.6 Å². The van der Waals surface area contributed by atoms with Gasteiger partial charge in [-0.25, -0.2) is 0 Å². The summed E-state index contributed by atoms with van der Waals surface area (Å²) in [5, 5.41) is 3.36. The Morgan fingerprint density at radius 1 is 1.23 bits per heavy atom. The monoisotopic (exact) mass is 373 g/mol. The molecule has 0 radical (unpaired) electrons. The fourth-order valence-corrected chi connectivity index (χ4v) is 3.02. The first kappa shape index (κ1) is 18.3. The Labute approximate surface area is 157 Å². The van der Waals surface area contributed by atoms with Crippen LogP contribution in [0.25, 0.3) is 0 Å². The van der Waals surface area contributed by atoms with Crippen LogP contribution in [-0.4, -0.2) is 25.1 Å². The van der Waals surface area contributed by atoms with Crippen LogP contribution >= 0.6 is 11.6 Å². The first-order valence-electron chi connectivity index (χ1n) is 8.37. The van der Waals surface area contributed by atoms with Crippen LogP contribution in [0.1, 0.15) is 16.7 Å². The zero-order valence-corrected chi connectivity index (χ0v) is 15.4. The average Bonchev–Trinajstić information content (AvgIpc) is 2.62. The fraction of sp³-hybridized carbons (Fsp3) is 0.300. The molecule has 0 bridgehead atoms. The van der Waals surface area contributed by atoms with Gasteiger partial charge in [-0.3, -0.25) is 9.59 Å². The van der Waals surface area contributed by atoms with Crippen molar-refractivity contribution in [1.82, 2.24) is 0 Å². The maximum Gasteiger partial charge on any atom is 0.313 e. The second-order valence-electron chi connectivity index (χ2n) is 6.44. The van der Waals surface area contributed by atoms with Crippen molar-refractivity contribution in [2.75, 3.05) is 18.5 Å². The summed E-state index contributed by atoms with van der Waals surface area (Å²) in [6.07, 6.45) is 0.479. The Morgan fingerprint density at radius 2 is 2.04 bits per heavy atom. The van der Waals surface area contributed by atoms with Crippen LogP contribution in [0.5, 0.6) is 5.75 Å². The van der Waals surface area contributed by atoms with E-state index in [-0.39, 0.29) is 19.1 Å². The van der Waals surface area contributed by atoms with Gasteiger partial charge in [0, 0.05) is 10.7 Å². The number of benzene rings is 2.